The highest BCUT2D eigenvalue weighted by molar-refractivity contribution is 5.49. The molecule has 4 nitrogen and oxygen atoms in total. The first kappa shape index (κ1) is 13.3. The molecule has 1 saturated carbocycles. The predicted molar refractivity (Wildman–Crippen MR) is 71.6 cm³/mol. The summed E-state index contributed by atoms with van der Waals surface area (Å²) in [5, 5.41) is 19.1. The Bertz CT molecular complexity index is 376. The molecule has 1 aromatic heterocycles. The van der Waals surface area contributed by atoms with Crippen molar-refractivity contribution in [2.45, 2.75) is 44.8 Å². The molecular weight excluding hydrogens is 228 g/mol. The molecule has 0 amide bonds. The molecule has 18 heavy (non-hydrogen) atoms. The third kappa shape index (κ3) is 2.82. The summed E-state index contributed by atoms with van der Waals surface area (Å²) in [5.74, 6) is 0.827. The number of aromatic nitrogens is 1. The first-order valence-corrected chi connectivity index (χ1v) is 6.74. The SMILES string of the molecule is C[C@H](O)c1cccnc1N(CCO)C1CCCC1. The molecule has 1 heterocycles. The van der Waals surface area contributed by atoms with Gasteiger partial charge in [-0.2, -0.15) is 0 Å². The highest BCUT2D eigenvalue weighted by Gasteiger charge is 2.25. The summed E-state index contributed by atoms with van der Waals surface area (Å²) >= 11 is 0. The van der Waals surface area contributed by atoms with Crippen LogP contribution in [0.15, 0.2) is 18.3 Å². The number of hydrogen-bond donors (Lipinski definition) is 2. The average Bonchev–Trinajstić information content (AvgIpc) is 2.89. The Labute approximate surface area is 108 Å². The fraction of sp³-hybridized carbons (Fsp3) is 0.643. The van der Waals surface area contributed by atoms with Gasteiger partial charge in [-0.25, -0.2) is 4.98 Å². The Balaban J connectivity index is 2.29. The lowest BCUT2D eigenvalue weighted by Gasteiger charge is -2.31. The average molecular weight is 250 g/mol. The van der Waals surface area contributed by atoms with E-state index in [1.807, 2.05) is 12.1 Å². The molecule has 1 fully saturated rings. The lowest BCUT2D eigenvalue weighted by atomic mass is 10.1. The Morgan fingerprint density at radius 1 is 1.44 bits per heavy atom. The third-order valence-electron chi connectivity index (χ3n) is 3.65. The summed E-state index contributed by atoms with van der Waals surface area (Å²) in [6.45, 7) is 2.46. The molecule has 1 aromatic rings. The zero-order valence-electron chi connectivity index (χ0n) is 10.9. The molecule has 0 unspecified atom stereocenters. The lowest BCUT2D eigenvalue weighted by Crippen LogP contribution is -2.37. The van der Waals surface area contributed by atoms with Crippen molar-refractivity contribution in [3.8, 4) is 0 Å². The monoisotopic (exact) mass is 250 g/mol. The molecule has 4 heteroatoms. The van der Waals surface area contributed by atoms with Crippen molar-refractivity contribution < 1.29 is 10.2 Å². The van der Waals surface area contributed by atoms with Crippen LogP contribution in [0, 0.1) is 0 Å². The topological polar surface area (TPSA) is 56.6 Å². The molecule has 0 spiro atoms. The molecule has 2 rings (SSSR count). The van der Waals surface area contributed by atoms with Gasteiger partial charge in [-0.15, -0.1) is 0 Å². The van der Waals surface area contributed by atoms with Crippen LogP contribution in [0.1, 0.15) is 44.3 Å². The van der Waals surface area contributed by atoms with Gasteiger partial charge in [0.2, 0.25) is 0 Å². The maximum Gasteiger partial charge on any atom is 0.134 e. The number of anilines is 1. The van der Waals surface area contributed by atoms with Gasteiger partial charge in [0.05, 0.1) is 12.7 Å². The molecule has 0 bridgehead atoms. The van der Waals surface area contributed by atoms with E-state index in [0.29, 0.717) is 12.6 Å². The van der Waals surface area contributed by atoms with Crippen LogP contribution < -0.4 is 4.90 Å². The van der Waals surface area contributed by atoms with Crippen LogP contribution in [0.3, 0.4) is 0 Å². The Morgan fingerprint density at radius 2 is 2.17 bits per heavy atom. The number of nitrogens with zero attached hydrogens (tertiary/aromatic N) is 2. The van der Waals surface area contributed by atoms with Crippen molar-refractivity contribution in [1.29, 1.82) is 0 Å². The van der Waals surface area contributed by atoms with E-state index in [1.54, 1.807) is 13.1 Å². The summed E-state index contributed by atoms with van der Waals surface area (Å²) in [6, 6.07) is 4.20. The van der Waals surface area contributed by atoms with E-state index in [4.69, 9.17) is 0 Å². The zero-order chi connectivity index (χ0) is 13.0. The summed E-state index contributed by atoms with van der Waals surface area (Å²) in [4.78, 5) is 6.58. The largest absolute Gasteiger partial charge is 0.395 e. The summed E-state index contributed by atoms with van der Waals surface area (Å²) in [6.07, 6.45) is 6.00. The molecule has 0 saturated heterocycles. The molecule has 0 aliphatic heterocycles. The fourth-order valence-electron chi connectivity index (χ4n) is 2.76. The van der Waals surface area contributed by atoms with E-state index >= 15 is 0 Å². The minimum atomic E-state index is -0.531. The quantitative estimate of drug-likeness (QED) is 0.837. The van der Waals surface area contributed by atoms with Crippen molar-refractivity contribution in [1.82, 2.24) is 4.98 Å². The van der Waals surface area contributed by atoms with Crippen LogP contribution in [0.4, 0.5) is 5.82 Å². The smallest absolute Gasteiger partial charge is 0.134 e. The second kappa shape index (κ2) is 6.16. The van der Waals surface area contributed by atoms with Crippen LogP contribution >= 0.6 is 0 Å². The van der Waals surface area contributed by atoms with Crippen molar-refractivity contribution in [2.24, 2.45) is 0 Å². The minimum absolute atomic E-state index is 0.117. The molecule has 1 atom stereocenters. The first-order chi connectivity index (χ1) is 8.74. The summed E-state index contributed by atoms with van der Waals surface area (Å²) in [5.41, 5.74) is 0.845. The molecule has 2 N–H and O–H groups in total. The van der Waals surface area contributed by atoms with Crippen LogP contribution in [-0.2, 0) is 0 Å². The van der Waals surface area contributed by atoms with Crippen molar-refractivity contribution in [3.05, 3.63) is 23.9 Å². The van der Waals surface area contributed by atoms with Crippen LogP contribution in [0.25, 0.3) is 0 Å². The first-order valence-electron chi connectivity index (χ1n) is 6.74. The van der Waals surface area contributed by atoms with Gasteiger partial charge >= 0.3 is 0 Å². The van der Waals surface area contributed by atoms with Crippen molar-refractivity contribution in [3.63, 3.8) is 0 Å². The Kier molecular flexibility index (Phi) is 4.55. The van der Waals surface area contributed by atoms with E-state index in [9.17, 15) is 10.2 Å². The van der Waals surface area contributed by atoms with E-state index in [0.717, 1.165) is 24.2 Å². The van der Waals surface area contributed by atoms with Gasteiger partial charge < -0.3 is 15.1 Å². The fourth-order valence-corrected chi connectivity index (χ4v) is 2.76. The molecule has 100 valence electrons. The van der Waals surface area contributed by atoms with Crippen LogP contribution in [0.5, 0.6) is 0 Å². The Hall–Kier alpha value is -1.13. The maximum absolute atomic E-state index is 9.84. The standard InChI is InChI=1S/C14H22N2O2/c1-11(18)13-7-4-8-15-14(13)16(9-10-17)12-5-2-3-6-12/h4,7-8,11-12,17-18H,2-3,5-6,9-10H2,1H3/t11-/m0/s1. The predicted octanol–water partition coefficient (Wildman–Crippen LogP) is 1.88. The number of rotatable bonds is 5. The van der Waals surface area contributed by atoms with Crippen molar-refractivity contribution >= 4 is 5.82 Å². The lowest BCUT2D eigenvalue weighted by molar-refractivity contribution is 0.198. The van der Waals surface area contributed by atoms with E-state index in [1.165, 1.54) is 12.8 Å². The van der Waals surface area contributed by atoms with Gasteiger partial charge in [-0.05, 0) is 25.8 Å². The second-order valence-corrected chi connectivity index (χ2v) is 4.95. The van der Waals surface area contributed by atoms with Crippen molar-refractivity contribution in [2.75, 3.05) is 18.1 Å². The van der Waals surface area contributed by atoms with E-state index in [-0.39, 0.29) is 6.61 Å². The molecular formula is C14H22N2O2. The third-order valence-corrected chi connectivity index (χ3v) is 3.65. The zero-order valence-corrected chi connectivity index (χ0v) is 10.9. The molecule has 1 aliphatic carbocycles. The number of aliphatic hydroxyl groups excluding tert-OH is 2. The highest BCUT2D eigenvalue weighted by Crippen LogP contribution is 2.31. The normalized spacial score (nSPS) is 17.9. The van der Waals surface area contributed by atoms with Gasteiger partial charge in [-0.1, -0.05) is 18.9 Å². The second-order valence-electron chi connectivity index (χ2n) is 4.95. The Morgan fingerprint density at radius 3 is 2.78 bits per heavy atom. The maximum atomic E-state index is 9.84. The van der Waals surface area contributed by atoms with Gasteiger partial charge in [0.15, 0.2) is 0 Å². The minimum Gasteiger partial charge on any atom is -0.395 e. The van der Waals surface area contributed by atoms with Crippen LogP contribution in [0.2, 0.25) is 0 Å². The van der Waals surface area contributed by atoms with Gasteiger partial charge in [0, 0.05) is 24.3 Å². The van der Waals surface area contributed by atoms with Gasteiger partial charge in [-0.3, -0.25) is 0 Å². The number of hydrogen-bond acceptors (Lipinski definition) is 4. The van der Waals surface area contributed by atoms with E-state index in [2.05, 4.69) is 9.88 Å². The summed E-state index contributed by atoms with van der Waals surface area (Å²) < 4.78 is 0. The van der Waals surface area contributed by atoms with E-state index < -0.39 is 6.10 Å². The number of aliphatic hydroxyl groups is 2. The van der Waals surface area contributed by atoms with Crippen LogP contribution in [-0.4, -0.2) is 34.4 Å². The number of pyridine rings is 1. The highest BCUT2D eigenvalue weighted by atomic mass is 16.3. The molecule has 0 radical (unpaired) electrons. The van der Waals surface area contributed by atoms with Gasteiger partial charge in [0.25, 0.3) is 0 Å². The molecule has 1 aliphatic rings. The summed E-state index contributed by atoms with van der Waals surface area (Å²) in [7, 11) is 0. The van der Waals surface area contributed by atoms with Gasteiger partial charge in [0.1, 0.15) is 5.82 Å². The molecule has 0 aromatic carbocycles.